The molecular formula is C17H26ClN3. The Morgan fingerprint density at radius 1 is 1.10 bits per heavy atom. The summed E-state index contributed by atoms with van der Waals surface area (Å²) in [7, 11) is 2.19. The molecule has 2 aliphatic rings. The number of piperazine rings is 1. The summed E-state index contributed by atoms with van der Waals surface area (Å²) in [5.41, 5.74) is 2.54. The summed E-state index contributed by atoms with van der Waals surface area (Å²) in [5.74, 6) is 0. The molecule has 1 aromatic rings. The monoisotopic (exact) mass is 307 g/mol. The quantitative estimate of drug-likeness (QED) is 0.904. The van der Waals surface area contributed by atoms with E-state index in [-0.39, 0.29) is 0 Å². The number of nitrogens with one attached hydrogen (secondary N) is 1. The number of hydrogen-bond donors (Lipinski definition) is 1. The minimum Gasteiger partial charge on any atom is -0.369 e. The van der Waals surface area contributed by atoms with Crippen LogP contribution in [0.2, 0.25) is 5.02 Å². The van der Waals surface area contributed by atoms with Gasteiger partial charge < -0.3 is 15.1 Å². The molecule has 3 rings (SSSR count). The van der Waals surface area contributed by atoms with Gasteiger partial charge in [0.2, 0.25) is 0 Å². The highest BCUT2D eigenvalue weighted by Gasteiger charge is 2.19. The van der Waals surface area contributed by atoms with E-state index in [2.05, 4.69) is 40.4 Å². The predicted octanol–water partition coefficient (Wildman–Crippen LogP) is 3.30. The topological polar surface area (TPSA) is 18.5 Å². The van der Waals surface area contributed by atoms with Crippen molar-refractivity contribution in [2.24, 2.45) is 0 Å². The number of anilines is 1. The van der Waals surface area contributed by atoms with Gasteiger partial charge in [0.05, 0.1) is 0 Å². The highest BCUT2D eigenvalue weighted by Crippen LogP contribution is 2.32. The third-order valence-electron chi connectivity index (χ3n) is 4.79. The Bertz CT molecular complexity index is 461. The van der Waals surface area contributed by atoms with Gasteiger partial charge in [-0.2, -0.15) is 0 Å². The Labute approximate surface area is 133 Å². The molecule has 4 heteroatoms. The molecule has 0 aromatic heterocycles. The predicted molar refractivity (Wildman–Crippen MR) is 90.4 cm³/mol. The van der Waals surface area contributed by atoms with E-state index in [4.69, 9.17) is 11.6 Å². The maximum Gasteiger partial charge on any atom is 0.0474 e. The van der Waals surface area contributed by atoms with Gasteiger partial charge >= 0.3 is 0 Å². The molecule has 116 valence electrons. The van der Waals surface area contributed by atoms with Crippen LogP contribution in [0.5, 0.6) is 0 Å². The molecule has 2 heterocycles. The van der Waals surface area contributed by atoms with Crippen molar-refractivity contribution in [2.75, 3.05) is 44.7 Å². The second kappa shape index (κ2) is 6.99. The molecule has 0 spiro atoms. The van der Waals surface area contributed by atoms with Crippen LogP contribution < -0.4 is 10.2 Å². The number of nitrogens with zero attached hydrogens (tertiary/aromatic N) is 2. The van der Waals surface area contributed by atoms with Crippen molar-refractivity contribution < 1.29 is 0 Å². The van der Waals surface area contributed by atoms with Crippen LogP contribution in [0.4, 0.5) is 5.69 Å². The van der Waals surface area contributed by atoms with E-state index in [0.29, 0.717) is 6.04 Å². The Kier molecular flexibility index (Phi) is 5.04. The smallest absolute Gasteiger partial charge is 0.0474 e. The van der Waals surface area contributed by atoms with Crippen molar-refractivity contribution in [3.05, 3.63) is 28.8 Å². The zero-order valence-electron chi connectivity index (χ0n) is 12.9. The van der Waals surface area contributed by atoms with Gasteiger partial charge in [0, 0.05) is 42.9 Å². The molecule has 0 aliphatic carbocycles. The van der Waals surface area contributed by atoms with E-state index in [0.717, 1.165) is 37.7 Å². The molecule has 0 bridgehead atoms. The van der Waals surface area contributed by atoms with Gasteiger partial charge in [-0.25, -0.2) is 0 Å². The van der Waals surface area contributed by atoms with E-state index < -0.39 is 0 Å². The molecule has 1 atom stereocenters. The lowest BCUT2D eigenvalue weighted by Gasteiger charge is -2.34. The van der Waals surface area contributed by atoms with Crippen LogP contribution in [0.25, 0.3) is 0 Å². The molecule has 2 aliphatic heterocycles. The highest BCUT2D eigenvalue weighted by atomic mass is 35.5. The molecule has 3 nitrogen and oxygen atoms in total. The van der Waals surface area contributed by atoms with Gasteiger partial charge in [-0.15, -0.1) is 0 Å². The molecule has 1 N–H and O–H groups in total. The SMILES string of the molecule is CN1CCN(c2ccc(C3CCCCCN3)c(Cl)c2)CC1. The molecule has 21 heavy (non-hydrogen) atoms. The molecule has 0 amide bonds. The van der Waals surface area contributed by atoms with Gasteiger partial charge in [0.15, 0.2) is 0 Å². The Hall–Kier alpha value is -0.770. The Morgan fingerprint density at radius 3 is 2.67 bits per heavy atom. The van der Waals surface area contributed by atoms with Crippen LogP contribution in [0.3, 0.4) is 0 Å². The number of hydrogen-bond acceptors (Lipinski definition) is 3. The first-order valence-electron chi connectivity index (χ1n) is 8.20. The molecule has 0 saturated carbocycles. The molecule has 2 fully saturated rings. The van der Waals surface area contributed by atoms with E-state index in [9.17, 15) is 0 Å². The number of rotatable bonds is 2. The fourth-order valence-electron chi connectivity index (χ4n) is 3.35. The average molecular weight is 308 g/mol. The summed E-state index contributed by atoms with van der Waals surface area (Å²) in [6, 6.07) is 7.08. The van der Waals surface area contributed by atoms with Crippen molar-refractivity contribution in [1.82, 2.24) is 10.2 Å². The summed E-state index contributed by atoms with van der Waals surface area (Å²) in [4.78, 5) is 4.82. The lowest BCUT2D eigenvalue weighted by molar-refractivity contribution is 0.313. The second-order valence-corrected chi connectivity index (χ2v) is 6.76. The maximum atomic E-state index is 6.59. The normalized spacial score (nSPS) is 24.9. The second-order valence-electron chi connectivity index (χ2n) is 6.35. The van der Waals surface area contributed by atoms with Crippen LogP contribution in [0.1, 0.15) is 37.3 Å². The summed E-state index contributed by atoms with van der Waals surface area (Å²) in [6.45, 7) is 5.55. The lowest BCUT2D eigenvalue weighted by atomic mass is 10.0. The van der Waals surface area contributed by atoms with Crippen molar-refractivity contribution >= 4 is 17.3 Å². The highest BCUT2D eigenvalue weighted by molar-refractivity contribution is 6.31. The van der Waals surface area contributed by atoms with E-state index in [1.165, 1.54) is 36.9 Å². The van der Waals surface area contributed by atoms with E-state index in [1.807, 2.05) is 0 Å². The van der Waals surface area contributed by atoms with Gasteiger partial charge in [-0.3, -0.25) is 0 Å². The average Bonchev–Trinajstić information content (AvgIpc) is 2.77. The molecule has 2 saturated heterocycles. The van der Waals surface area contributed by atoms with Crippen LogP contribution in [0, 0.1) is 0 Å². The van der Waals surface area contributed by atoms with Gasteiger partial charge in [-0.05, 0) is 44.1 Å². The van der Waals surface area contributed by atoms with Crippen molar-refractivity contribution in [3.8, 4) is 0 Å². The van der Waals surface area contributed by atoms with Gasteiger partial charge in [0.1, 0.15) is 0 Å². The standard InChI is InChI=1S/C17H26ClN3/c1-20-9-11-21(12-10-20)14-6-7-15(16(18)13-14)17-5-3-2-4-8-19-17/h6-7,13,17,19H,2-5,8-12H2,1H3. The first-order valence-corrected chi connectivity index (χ1v) is 8.58. The number of benzene rings is 1. The number of halogens is 1. The van der Waals surface area contributed by atoms with Crippen molar-refractivity contribution in [1.29, 1.82) is 0 Å². The third-order valence-corrected chi connectivity index (χ3v) is 5.12. The summed E-state index contributed by atoms with van der Waals surface area (Å²) in [5, 5.41) is 4.56. The fraction of sp³-hybridized carbons (Fsp3) is 0.647. The first-order chi connectivity index (χ1) is 10.2. The molecule has 1 unspecified atom stereocenters. The first kappa shape index (κ1) is 15.1. The molecular weight excluding hydrogens is 282 g/mol. The van der Waals surface area contributed by atoms with Crippen LogP contribution in [0.15, 0.2) is 18.2 Å². The zero-order valence-corrected chi connectivity index (χ0v) is 13.7. The van der Waals surface area contributed by atoms with Crippen LogP contribution in [-0.2, 0) is 0 Å². The summed E-state index contributed by atoms with van der Waals surface area (Å²) >= 11 is 6.59. The Morgan fingerprint density at radius 2 is 1.90 bits per heavy atom. The van der Waals surface area contributed by atoms with Crippen molar-refractivity contribution in [2.45, 2.75) is 31.7 Å². The lowest BCUT2D eigenvalue weighted by Crippen LogP contribution is -2.44. The van der Waals surface area contributed by atoms with Gasteiger partial charge in [-0.1, -0.05) is 30.5 Å². The minimum absolute atomic E-state index is 0.432. The van der Waals surface area contributed by atoms with Gasteiger partial charge in [0.25, 0.3) is 0 Å². The number of likely N-dealkylation sites (N-methyl/N-ethyl adjacent to an activating group) is 1. The maximum absolute atomic E-state index is 6.59. The summed E-state index contributed by atoms with van der Waals surface area (Å²) in [6.07, 6.45) is 5.12. The zero-order chi connectivity index (χ0) is 14.7. The van der Waals surface area contributed by atoms with Crippen LogP contribution >= 0.6 is 11.6 Å². The van der Waals surface area contributed by atoms with E-state index >= 15 is 0 Å². The van der Waals surface area contributed by atoms with Crippen molar-refractivity contribution in [3.63, 3.8) is 0 Å². The summed E-state index contributed by atoms with van der Waals surface area (Å²) < 4.78 is 0. The third kappa shape index (κ3) is 3.71. The van der Waals surface area contributed by atoms with Crippen LogP contribution in [-0.4, -0.2) is 44.7 Å². The van der Waals surface area contributed by atoms with E-state index in [1.54, 1.807) is 0 Å². The molecule has 1 aromatic carbocycles. The largest absolute Gasteiger partial charge is 0.369 e. The fourth-order valence-corrected chi connectivity index (χ4v) is 3.66. The minimum atomic E-state index is 0.432. The Balaban J connectivity index is 1.73. The molecule has 0 radical (unpaired) electrons.